The molecule has 0 fully saturated rings. The Labute approximate surface area is 99.1 Å². The molecular weight excluding hydrogens is 204 g/mol. The molecule has 0 spiro atoms. The maximum Gasteiger partial charge on any atom is 0.221 e. The van der Waals surface area contributed by atoms with Crippen molar-refractivity contribution >= 4 is 5.91 Å². The molecule has 0 saturated carbocycles. The Morgan fingerprint density at radius 3 is 2.50 bits per heavy atom. The first-order chi connectivity index (χ1) is 7.60. The van der Waals surface area contributed by atoms with Gasteiger partial charge in [-0.1, -0.05) is 6.92 Å². The minimum atomic E-state index is 0.116. The molecule has 0 aliphatic heterocycles. The average Bonchev–Trinajstić information content (AvgIpc) is 2.26. The van der Waals surface area contributed by atoms with Crippen LogP contribution in [0.25, 0.3) is 0 Å². The maximum absolute atomic E-state index is 11.4. The van der Waals surface area contributed by atoms with E-state index in [1.165, 1.54) is 0 Å². The molecule has 4 nitrogen and oxygen atoms in total. The predicted molar refractivity (Wildman–Crippen MR) is 66.5 cm³/mol. The number of carbonyl (C=O) groups is 1. The van der Waals surface area contributed by atoms with Gasteiger partial charge in [0, 0.05) is 31.7 Å². The molecule has 0 aliphatic rings. The highest BCUT2D eigenvalue weighted by atomic mass is 16.5. The van der Waals surface area contributed by atoms with Crippen LogP contribution in [-0.4, -0.2) is 37.7 Å². The molecular formula is C12H26N2O2. The van der Waals surface area contributed by atoms with Crippen LogP contribution in [0.5, 0.6) is 0 Å². The van der Waals surface area contributed by atoms with Gasteiger partial charge in [-0.05, 0) is 27.2 Å². The summed E-state index contributed by atoms with van der Waals surface area (Å²) in [5.41, 5.74) is 0. The number of ether oxygens (including phenoxy) is 1. The lowest BCUT2D eigenvalue weighted by Gasteiger charge is -2.14. The van der Waals surface area contributed by atoms with Gasteiger partial charge in [-0.2, -0.15) is 0 Å². The van der Waals surface area contributed by atoms with Gasteiger partial charge in [0.2, 0.25) is 5.91 Å². The van der Waals surface area contributed by atoms with Crippen LogP contribution in [0, 0.1) is 0 Å². The third-order valence-corrected chi connectivity index (χ3v) is 2.44. The molecule has 4 heteroatoms. The van der Waals surface area contributed by atoms with E-state index in [1.807, 2.05) is 13.8 Å². The molecule has 0 rings (SSSR count). The summed E-state index contributed by atoms with van der Waals surface area (Å²) in [6.45, 7) is 10.3. The first-order valence-electron chi connectivity index (χ1n) is 6.20. The van der Waals surface area contributed by atoms with Gasteiger partial charge in [-0.15, -0.1) is 0 Å². The zero-order chi connectivity index (χ0) is 12.4. The van der Waals surface area contributed by atoms with Crippen molar-refractivity contribution in [2.24, 2.45) is 0 Å². The number of hydrogen-bond acceptors (Lipinski definition) is 3. The predicted octanol–water partition coefficient (Wildman–Crippen LogP) is 1.31. The van der Waals surface area contributed by atoms with Crippen LogP contribution in [0.3, 0.4) is 0 Å². The molecule has 0 saturated heterocycles. The van der Waals surface area contributed by atoms with Gasteiger partial charge in [0.05, 0.1) is 6.61 Å². The summed E-state index contributed by atoms with van der Waals surface area (Å²) in [5.74, 6) is 0.116. The fraction of sp³-hybridized carbons (Fsp3) is 0.917. The lowest BCUT2D eigenvalue weighted by atomic mass is 10.2. The molecule has 0 aromatic heterocycles. The standard InChI is InChI=1S/C12H26N2O2/c1-5-10(3)14-12(15)7-8-13-11(4)9-16-6-2/h10-11,13H,5-9H2,1-4H3,(H,14,15). The number of hydrogen-bond donors (Lipinski definition) is 2. The second kappa shape index (κ2) is 9.60. The monoisotopic (exact) mass is 230 g/mol. The summed E-state index contributed by atoms with van der Waals surface area (Å²) >= 11 is 0. The maximum atomic E-state index is 11.4. The minimum Gasteiger partial charge on any atom is -0.380 e. The number of carbonyl (C=O) groups excluding carboxylic acids is 1. The van der Waals surface area contributed by atoms with Gasteiger partial charge in [0.25, 0.3) is 0 Å². The van der Waals surface area contributed by atoms with E-state index in [0.29, 0.717) is 25.6 Å². The van der Waals surface area contributed by atoms with Crippen LogP contribution in [0.15, 0.2) is 0 Å². The van der Waals surface area contributed by atoms with E-state index in [9.17, 15) is 4.79 Å². The number of nitrogens with one attached hydrogen (secondary N) is 2. The highest BCUT2D eigenvalue weighted by Gasteiger charge is 2.06. The molecule has 0 aliphatic carbocycles. The van der Waals surface area contributed by atoms with E-state index in [2.05, 4.69) is 24.5 Å². The van der Waals surface area contributed by atoms with Crippen LogP contribution in [0.4, 0.5) is 0 Å². The molecule has 2 unspecified atom stereocenters. The van der Waals surface area contributed by atoms with Crippen LogP contribution < -0.4 is 10.6 Å². The Morgan fingerprint density at radius 2 is 1.94 bits per heavy atom. The molecule has 96 valence electrons. The highest BCUT2D eigenvalue weighted by Crippen LogP contribution is 1.90. The molecule has 1 amide bonds. The number of amides is 1. The second-order valence-corrected chi connectivity index (χ2v) is 4.14. The normalized spacial score (nSPS) is 14.5. The lowest BCUT2D eigenvalue weighted by molar-refractivity contribution is -0.121. The first-order valence-corrected chi connectivity index (χ1v) is 6.20. The van der Waals surface area contributed by atoms with Gasteiger partial charge in [0.15, 0.2) is 0 Å². The average molecular weight is 230 g/mol. The minimum absolute atomic E-state index is 0.116. The Hall–Kier alpha value is -0.610. The number of rotatable bonds is 9. The van der Waals surface area contributed by atoms with E-state index in [1.54, 1.807) is 0 Å². The van der Waals surface area contributed by atoms with Crippen molar-refractivity contribution in [2.45, 2.75) is 52.6 Å². The summed E-state index contributed by atoms with van der Waals surface area (Å²) in [5, 5.41) is 6.19. The summed E-state index contributed by atoms with van der Waals surface area (Å²) in [6.07, 6.45) is 1.50. The molecule has 0 bridgehead atoms. The third-order valence-electron chi connectivity index (χ3n) is 2.44. The van der Waals surface area contributed by atoms with Crippen molar-refractivity contribution in [3.8, 4) is 0 Å². The van der Waals surface area contributed by atoms with Gasteiger partial charge < -0.3 is 15.4 Å². The molecule has 0 radical (unpaired) electrons. The van der Waals surface area contributed by atoms with Gasteiger partial charge in [-0.3, -0.25) is 4.79 Å². The van der Waals surface area contributed by atoms with E-state index < -0.39 is 0 Å². The molecule has 16 heavy (non-hydrogen) atoms. The lowest BCUT2D eigenvalue weighted by Crippen LogP contribution is -2.37. The van der Waals surface area contributed by atoms with E-state index in [0.717, 1.165) is 13.0 Å². The Bertz CT molecular complexity index is 186. The molecule has 0 heterocycles. The van der Waals surface area contributed by atoms with E-state index >= 15 is 0 Å². The van der Waals surface area contributed by atoms with E-state index in [4.69, 9.17) is 4.74 Å². The van der Waals surface area contributed by atoms with Crippen molar-refractivity contribution in [1.82, 2.24) is 10.6 Å². The fourth-order valence-electron chi connectivity index (χ4n) is 1.23. The zero-order valence-electron chi connectivity index (χ0n) is 11.0. The summed E-state index contributed by atoms with van der Waals surface area (Å²) in [4.78, 5) is 11.4. The van der Waals surface area contributed by atoms with E-state index in [-0.39, 0.29) is 11.9 Å². The highest BCUT2D eigenvalue weighted by molar-refractivity contribution is 5.76. The quantitative estimate of drug-likeness (QED) is 0.628. The Kier molecular flexibility index (Phi) is 9.24. The second-order valence-electron chi connectivity index (χ2n) is 4.14. The molecule has 0 aromatic carbocycles. The van der Waals surface area contributed by atoms with Gasteiger partial charge >= 0.3 is 0 Å². The molecule has 2 atom stereocenters. The van der Waals surface area contributed by atoms with Crippen molar-refractivity contribution < 1.29 is 9.53 Å². The SMILES string of the molecule is CCOCC(C)NCCC(=O)NC(C)CC. The van der Waals surface area contributed by atoms with Crippen molar-refractivity contribution in [3.63, 3.8) is 0 Å². The van der Waals surface area contributed by atoms with Crippen LogP contribution >= 0.6 is 0 Å². The Balaban J connectivity index is 3.46. The van der Waals surface area contributed by atoms with Gasteiger partial charge in [-0.25, -0.2) is 0 Å². The summed E-state index contributed by atoms with van der Waals surface area (Å²) in [6, 6.07) is 0.574. The topological polar surface area (TPSA) is 50.4 Å². The summed E-state index contributed by atoms with van der Waals surface area (Å²) in [7, 11) is 0. The van der Waals surface area contributed by atoms with Crippen LogP contribution in [-0.2, 0) is 9.53 Å². The molecule has 2 N–H and O–H groups in total. The summed E-state index contributed by atoms with van der Waals surface area (Å²) < 4.78 is 5.27. The Morgan fingerprint density at radius 1 is 1.25 bits per heavy atom. The smallest absolute Gasteiger partial charge is 0.221 e. The largest absolute Gasteiger partial charge is 0.380 e. The first kappa shape index (κ1) is 15.4. The van der Waals surface area contributed by atoms with Crippen molar-refractivity contribution in [2.75, 3.05) is 19.8 Å². The van der Waals surface area contributed by atoms with Crippen molar-refractivity contribution in [3.05, 3.63) is 0 Å². The fourth-order valence-corrected chi connectivity index (χ4v) is 1.23. The van der Waals surface area contributed by atoms with Crippen molar-refractivity contribution in [1.29, 1.82) is 0 Å². The van der Waals surface area contributed by atoms with Gasteiger partial charge in [0.1, 0.15) is 0 Å². The van der Waals surface area contributed by atoms with Crippen LogP contribution in [0.2, 0.25) is 0 Å². The molecule has 0 aromatic rings. The zero-order valence-corrected chi connectivity index (χ0v) is 11.0. The third kappa shape index (κ3) is 8.68. The van der Waals surface area contributed by atoms with Crippen LogP contribution in [0.1, 0.15) is 40.5 Å².